The number of quaternary nitrogens is 1. The van der Waals surface area contributed by atoms with E-state index in [1.54, 1.807) is 0 Å². The first-order chi connectivity index (χ1) is 10.1. The predicted octanol–water partition coefficient (Wildman–Crippen LogP) is 2.94. The van der Waals surface area contributed by atoms with Crippen LogP contribution in [0.5, 0.6) is 0 Å². The zero-order valence-corrected chi connectivity index (χ0v) is 16.2. The lowest BCUT2D eigenvalue weighted by molar-refractivity contribution is -1.09. The molecule has 0 saturated carbocycles. The van der Waals surface area contributed by atoms with Gasteiger partial charge in [0.05, 0.1) is 17.2 Å². The number of aliphatic hydroxyl groups is 2. The largest absolute Gasteiger partial charge is 0.610 e. The van der Waals surface area contributed by atoms with Crippen molar-refractivity contribution in [2.24, 2.45) is 0 Å². The third-order valence-electron chi connectivity index (χ3n) is 6.35. The molecule has 2 unspecified atom stereocenters. The Balaban J connectivity index is 2.66. The maximum atomic E-state index is 14.6. The molecule has 2 aliphatic rings. The molecule has 0 bridgehead atoms. The fraction of sp³-hybridized carbons (Fsp3) is 1.00. The van der Waals surface area contributed by atoms with E-state index in [1.807, 2.05) is 60.4 Å². The van der Waals surface area contributed by atoms with Gasteiger partial charge in [-0.3, -0.25) is 4.76 Å². The first-order valence-corrected chi connectivity index (χ1v) is 8.87. The number of hydrogen-bond acceptors (Lipinski definition) is 4. The van der Waals surface area contributed by atoms with Gasteiger partial charge in [0.25, 0.3) is 0 Å². The van der Waals surface area contributed by atoms with Gasteiger partial charge in [0, 0.05) is 6.42 Å². The van der Waals surface area contributed by atoms with Crippen LogP contribution in [0.4, 0.5) is 0 Å². The number of nitrogens with zero attached hydrogens (tertiary/aromatic N) is 2. The molecule has 0 radical (unpaired) electrons. The van der Waals surface area contributed by atoms with E-state index < -0.39 is 39.1 Å². The van der Waals surface area contributed by atoms with Crippen LogP contribution in [0.3, 0.4) is 0 Å². The van der Waals surface area contributed by atoms with Gasteiger partial charge in [0.2, 0.25) is 0 Å². The van der Waals surface area contributed by atoms with Crippen LogP contribution in [0.25, 0.3) is 0 Å². The van der Waals surface area contributed by atoms with Gasteiger partial charge in [-0.1, -0.05) is 0 Å². The quantitative estimate of drug-likeness (QED) is 0.574. The lowest BCUT2D eigenvalue weighted by Gasteiger charge is -2.75. The zero-order chi connectivity index (χ0) is 18.1. The van der Waals surface area contributed by atoms with Gasteiger partial charge in [-0.2, -0.15) is 0 Å². The minimum Gasteiger partial charge on any atom is -0.610 e. The predicted molar refractivity (Wildman–Crippen MR) is 92.3 cm³/mol. The van der Waals surface area contributed by atoms with E-state index in [4.69, 9.17) is 0 Å². The van der Waals surface area contributed by atoms with Crippen LogP contribution >= 0.6 is 0 Å². The van der Waals surface area contributed by atoms with Gasteiger partial charge >= 0.3 is 0 Å². The molecular formula is C18H36N2O3. The van der Waals surface area contributed by atoms with Gasteiger partial charge in [-0.15, -0.1) is 5.01 Å². The molecule has 0 aliphatic carbocycles. The number of hydroxylamine groups is 2. The standard InChI is InChI=1S/C18H36N2O3/c1-15(2)11-13(21)12-16(3,4)19(15)20(23)17(5,6)10-9-14(22)18(20,7)8/h13-14,21-22H,9-12H2,1-8H3. The van der Waals surface area contributed by atoms with Crippen molar-refractivity contribution in [2.45, 2.75) is 115 Å². The first kappa shape index (κ1) is 19.1. The summed E-state index contributed by atoms with van der Waals surface area (Å²) in [4.78, 5) is 0. The van der Waals surface area contributed by atoms with E-state index in [0.717, 1.165) is 0 Å². The van der Waals surface area contributed by atoms with E-state index in [-0.39, 0.29) is 0 Å². The molecule has 2 N–H and O–H groups in total. The summed E-state index contributed by atoms with van der Waals surface area (Å²) in [7, 11) is 0. The van der Waals surface area contributed by atoms with Crippen molar-refractivity contribution in [1.29, 1.82) is 0 Å². The second kappa shape index (κ2) is 5.15. The minimum absolute atomic E-state index is 0.399. The second-order valence-electron chi connectivity index (χ2n) is 10.1. The molecule has 0 amide bonds. The lowest BCUT2D eigenvalue weighted by Crippen LogP contribution is -2.86. The van der Waals surface area contributed by atoms with Crippen LogP contribution < -0.4 is 0 Å². The van der Waals surface area contributed by atoms with Crippen LogP contribution in [0.15, 0.2) is 0 Å². The van der Waals surface area contributed by atoms with Crippen molar-refractivity contribution in [3.05, 3.63) is 5.21 Å². The Morgan fingerprint density at radius 3 is 1.78 bits per heavy atom. The molecule has 2 rings (SSSR count). The highest BCUT2D eigenvalue weighted by atomic mass is 16.6. The molecule has 0 spiro atoms. The maximum absolute atomic E-state index is 14.6. The third kappa shape index (κ3) is 2.56. The second-order valence-corrected chi connectivity index (χ2v) is 10.1. The monoisotopic (exact) mass is 328 g/mol. The number of rotatable bonds is 1. The molecular weight excluding hydrogens is 292 g/mol. The summed E-state index contributed by atoms with van der Waals surface area (Å²) in [6, 6.07) is 0. The Bertz CT molecular complexity index is 455. The average molecular weight is 328 g/mol. The molecule has 0 aromatic rings. The summed E-state index contributed by atoms with van der Waals surface area (Å²) < 4.78 is -0.548. The van der Waals surface area contributed by atoms with Crippen molar-refractivity contribution in [3.8, 4) is 0 Å². The fourth-order valence-electron chi connectivity index (χ4n) is 5.49. The Hall–Kier alpha value is -0.200. The molecule has 5 nitrogen and oxygen atoms in total. The Kier molecular flexibility index (Phi) is 4.28. The van der Waals surface area contributed by atoms with E-state index >= 15 is 0 Å². The van der Waals surface area contributed by atoms with E-state index in [2.05, 4.69) is 0 Å². The van der Waals surface area contributed by atoms with Gasteiger partial charge in [-0.05, 0) is 74.7 Å². The maximum Gasteiger partial charge on any atom is 0.137 e. The molecule has 2 atom stereocenters. The molecule has 2 fully saturated rings. The molecule has 0 aromatic carbocycles. The third-order valence-corrected chi connectivity index (χ3v) is 6.35. The zero-order valence-electron chi connectivity index (χ0n) is 16.2. The van der Waals surface area contributed by atoms with Crippen LogP contribution in [0.1, 0.15) is 81.1 Å². The van der Waals surface area contributed by atoms with Crippen molar-refractivity contribution in [1.82, 2.24) is 5.01 Å². The summed E-state index contributed by atoms with van der Waals surface area (Å²) in [6.07, 6.45) is 1.45. The van der Waals surface area contributed by atoms with E-state index in [0.29, 0.717) is 25.7 Å². The van der Waals surface area contributed by atoms with Crippen LogP contribution in [0, 0.1) is 5.21 Å². The number of aliphatic hydroxyl groups excluding tert-OH is 2. The van der Waals surface area contributed by atoms with Crippen LogP contribution in [0.2, 0.25) is 0 Å². The first-order valence-electron chi connectivity index (χ1n) is 8.87. The molecule has 136 valence electrons. The Morgan fingerprint density at radius 2 is 1.35 bits per heavy atom. The Labute approximate surface area is 141 Å². The van der Waals surface area contributed by atoms with E-state index in [1.165, 1.54) is 0 Å². The topological polar surface area (TPSA) is 66.8 Å². The summed E-state index contributed by atoms with van der Waals surface area (Å²) >= 11 is 0. The number of piperidine rings is 2. The normalized spacial score (nSPS) is 40.0. The highest BCUT2D eigenvalue weighted by molar-refractivity contribution is 5.01. The molecule has 2 aliphatic heterocycles. The van der Waals surface area contributed by atoms with Crippen molar-refractivity contribution in [2.75, 3.05) is 0 Å². The van der Waals surface area contributed by atoms with Gasteiger partial charge in [0.15, 0.2) is 0 Å². The van der Waals surface area contributed by atoms with Crippen LogP contribution in [-0.4, -0.2) is 54.3 Å². The highest BCUT2D eigenvalue weighted by Gasteiger charge is 2.65. The van der Waals surface area contributed by atoms with Crippen molar-refractivity contribution >= 4 is 0 Å². The summed E-state index contributed by atoms with van der Waals surface area (Å²) in [5.74, 6) is 0. The minimum atomic E-state index is -0.835. The molecule has 0 aromatic heterocycles. The highest BCUT2D eigenvalue weighted by Crippen LogP contribution is 2.53. The Morgan fingerprint density at radius 1 is 0.913 bits per heavy atom. The SMILES string of the molecule is CC1(C)CC(O)CC(C)(C)N1[N+]1([O-])C(C)(C)CCC(O)C1(C)C. The van der Waals surface area contributed by atoms with Crippen molar-refractivity contribution in [3.63, 3.8) is 0 Å². The molecule has 2 heterocycles. The summed E-state index contributed by atoms with van der Waals surface area (Å²) in [5, 5.41) is 37.5. The van der Waals surface area contributed by atoms with Crippen molar-refractivity contribution < 1.29 is 15.0 Å². The smallest absolute Gasteiger partial charge is 0.137 e. The fourth-order valence-corrected chi connectivity index (χ4v) is 5.49. The van der Waals surface area contributed by atoms with Crippen LogP contribution in [-0.2, 0) is 0 Å². The molecule has 5 heteroatoms. The number of hydrogen-bond donors (Lipinski definition) is 2. The molecule has 2 saturated heterocycles. The van der Waals surface area contributed by atoms with Gasteiger partial charge in [-0.25, -0.2) is 0 Å². The summed E-state index contributed by atoms with van der Waals surface area (Å²) in [6.45, 7) is 16.0. The summed E-state index contributed by atoms with van der Waals surface area (Å²) in [5.41, 5.74) is -2.26. The lowest BCUT2D eigenvalue weighted by atomic mass is 9.74. The van der Waals surface area contributed by atoms with Gasteiger partial charge in [0.1, 0.15) is 17.2 Å². The van der Waals surface area contributed by atoms with E-state index in [9.17, 15) is 15.4 Å². The molecule has 23 heavy (non-hydrogen) atoms. The average Bonchev–Trinajstić information content (AvgIpc) is 2.29. The van der Waals surface area contributed by atoms with Gasteiger partial charge < -0.3 is 15.4 Å².